The molecule has 3 N–H and O–H groups in total. The first-order chi connectivity index (χ1) is 10.3. The van der Waals surface area contributed by atoms with Crippen LogP contribution < -0.4 is 16.0 Å². The molecule has 5 nitrogen and oxygen atoms in total. The number of hydrogen-bond acceptors (Lipinski definition) is 5. The van der Waals surface area contributed by atoms with Gasteiger partial charge in [0.25, 0.3) is 5.91 Å². The summed E-state index contributed by atoms with van der Waals surface area (Å²) in [5, 5.41) is 0.923. The summed E-state index contributed by atoms with van der Waals surface area (Å²) in [4.78, 5) is 17.0. The van der Waals surface area contributed by atoms with Crippen LogP contribution in [0.2, 0.25) is 0 Å². The van der Waals surface area contributed by atoms with Gasteiger partial charge in [-0.3, -0.25) is 10.2 Å². The number of nitrogens with two attached hydrogens (primary N) is 1. The Balaban J connectivity index is 1.64. The van der Waals surface area contributed by atoms with Crippen LogP contribution in [-0.2, 0) is 6.42 Å². The van der Waals surface area contributed by atoms with Crippen LogP contribution >= 0.6 is 11.3 Å². The van der Waals surface area contributed by atoms with Gasteiger partial charge in [-0.05, 0) is 25.0 Å². The van der Waals surface area contributed by atoms with E-state index in [4.69, 9.17) is 10.6 Å². The molecule has 2 aromatic rings. The lowest BCUT2D eigenvalue weighted by Crippen LogP contribution is -2.30. The number of amides is 1. The van der Waals surface area contributed by atoms with Crippen LogP contribution in [0.25, 0.3) is 0 Å². The minimum absolute atomic E-state index is 0.246. The molecule has 0 bridgehead atoms. The number of carbonyl (C=O) groups is 1. The minimum Gasteiger partial charge on any atom is -0.493 e. The maximum atomic E-state index is 11.8. The van der Waals surface area contributed by atoms with Crippen molar-refractivity contribution < 1.29 is 9.53 Å². The molecule has 0 radical (unpaired) electrons. The first kappa shape index (κ1) is 14.0. The normalized spacial score (nSPS) is 14.0. The van der Waals surface area contributed by atoms with E-state index in [1.54, 1.807) is 0 Å². The molecule has 1 amide bonds. The quantitative estimate of drug-likeness (QED) is 0.487. The molecule has 1 fully saturated rings. The maximum absolute atomic E-state index is 11.8. The average Bonchev–Trinajstić information content (AvgIpc) is 3.28. The SMILES string of the molecule is NNC(=O)c1sc(CCOc2ccccc2)nc1C1CC1. The molecule has 0 saturated heterocycles. The number of para-hydroxylation sites is 1. The van der Waals surface area contributed by atoms with Crippen molar-refractivity contribution in [3.05, 3.63) is 45.9 Å². The number of aromatic nitrogens is 1. The molecule has 1 aliphatic rings. The van der Waals surface area contributed by atoms with Gasteiger partial charge in [0.05, 0.1) is 17.3 Å². The molecule has 1 heterocycles. The van der Waals surface area contributed by atoms with Gasteiger partial charge in [0, 0.05) is 12.3 Å². The van der Waals surface area contributed by atoms with Gasteiger partial charge in [-0.1, -0.05) is 18.2 Å². The van der Waals surface area contributed by atoms with E-state index in [0.717, 1.165) is 29.3 Å². The van der Waals surface area contributed by atoms with E-state index in [9.17, 15) is 4.79 Å². The first-order valence-corrected chi connectivity index (χ1v) is 7.78. The third-order valence-corrected chi connectivity index (χ3v) is 4.46. The third kappa shape index (κ3) is 3.40. The van der Waals surface area contributed by atoms with Gasteiger partial charge in [0.15, 0.2) is 0 Å². The highest BCUT2D eigenvalue weighted by molar-refractivity contribution is 7.13. The zero-order valence-electron chi connectivity index (χ0n) is 11.5. The molecule has 0 spiro atoms. The van der Waals surface area contributed by atoms with Crippen LogP contribution in [0, 0.1) is 0 Å². The molecule has 1 saturated carbocycles. The monoisotopic (exact) mass is 303 g/mol. The molecule has 21 heavy (non-hydrogen) atoms. The average molecular weight is 303 g/mol. The van der Waals surface area contributed by atoms with E-state index >= 15 is 0 Å². The predicted octanol–water partition coefficient (Wildman–Crippen LogP) is 2.25. The van der Waals surface area contributed by atoms with Gasteiger partial charge in [-0.15, -0.1) is 11.3 Å². The maximum Gasteiger partial charge on any atom is 0.277 e. The van der Waals surface area contributed by atoms with Gasteiger partial charge < -0.3 is 4.74 Å². The molecule has 1 aromatic heterocycles. The standard InChI is InChI=1S/C15H17N3O2S/c16-18-15(19)14-13(10-6-7-10)17-12(21-14)8-9-20-11-4-2-1-3-5-11/h1-5,10H,6-9,16H2,(H,18,19). The summed E-state index contributed by atoms with van der Waals surface area (Å²) in [5.74, 6) is 6.26. The molecular formula is C15H17N3O2S. The molecule has 1 aliphatic carbocycles. The summed E-state index contributed by atoms with van der Waals surface area (Å²) >= 11 is 1.41. The van der Waals surface area contributed by atoms with Crippen molar-refractivity contribution in [3.63, 3.8) is 0 Å². The first-order valence-electron chi connectivity index (χ1n) is 6.96. The largest absolute Gasteiger partial charge is 0.493 e. The highest BCUT2D eigenvalue weighted by Crippen LogP contribution is 2.42. The minimum atomic E-state index is -0.246. The van der Waals surface area contributed by atoms with Crippen molar-refractivity contribution in [1.82, 2.24) is 10.4 Å². The van der Waals surface area contributed by atoms with Crippen LogP contribution in [0.5, 0.6) is 5.75 Å². The van der Waals surface area contributed by atoms with E-state index in [-0.39, 0.29) is 5.91 Å². The van der Waals surface area contributed by atoms with Gasteiger partial charge in [-0.25, -0.2) is 10.8 Å². The highest BCUT2D eigenvalue weighted by Gasteiger charge is 2.31. The zero-order valence-corrected chi connectivity index (χ0v) is 12.4. The second-order valence-corrected chi connectivity index (χ2v) is 6.06. The van der Waals surface area contributed by atoms with E-state index in [1.165, 1.54) is 11.3 Å². The van der Waals surface area contributed by atoms with Crippen LogP contribution in [0.3, 0.4) is 0 Å². The molecule has 110 valence electrons. The summed E-state index contributed by atoms with van der Waals surface area (Å²) in [6, 6.07) is 9.67. The number of nitrogen functional groups attached to an aromatic ring is 1. The molecule has 0 unspecified atom stereocenters. The van der Waals surface area contributed by atoms with Gasteiger partial charge in [-0.2, -0.15) is 0 Å². The summed E-state index contributed by atoms with van der Waals surface area (Å²) in [7, 11) is 0. The Labute approximate surface area is 127 Å². The fourth-order valence-corrected chi connectivity index (χ4v) is 3.15. The van der Waals surface area contributed by atoms with Crippen LogP contribution in [0.4, 0.5) is 0 Å². The number of benzene rings is 1. The lowest BCUT2D eigenvalue weighted by molar-refractivity contribution is 0.0956. The zero-order chi connectivity index (χ0) is 14.7. The number of hydrogen-bond donors (Lipinski definition) is 2. The number of nitrogens with zero attached hydrogens (tertiary/aromatic N) is 1. The lowest BCUT2D eigenvalue weighted by Gasteiger charge is -2.03. The van der Waals surface area contributed by atoms with Gasteiger partial charge in [0.2, 0.25) is 0 Å². The Bertz CT molecular complexity index is 623. The van der Waals surface area contributed by atoms with Crippen molar-refractivity contribution >= 4 is 17.2 Å². The number of ether oxygens (including phenoxy) is 1. The van der Waals surface area contributed by atoms with Crippen molar-refractivity contribution in [1.29, 1.82) is 0 Å². The van der Waals surface area contributed by atoms with Crippen LogP contribution in [0.1, 0.15) is 39.1 Å². The fraction of sp³-hybridized carbons (Fsp3) is 0.333. The lowest BCUT2D eigenvalue weighted by atomic mass is 10.2. The van der Waals surface area contributed by atoms with Crippen LogP contribution in [-0.4, -0.2) is 17.5 Å². The van der Waals surface area contributed by atoms with E-state index in [0.29, 0.717) is 23.8 Å². The van der Waals surface area contributed by atoms with Gasteiger partial charge >= 0.3 is 0 Å². The molecule has 6 heteroatoms. The fourth-order valence-electron chi connectivity index (χ4n) is 2.12. The third-order valence-electron chi connectivity index (χ3n) is 3.33. The number of hydrazine groups is 1. The Hall–Kier alpha value is -1.92. The Morgan fingerprint density at radius 3 is 2.81 bits per heavy atom. The second-order valence-electron chi connectivity index (χ2n) is 4.98. The number of nitrogens with one attached hydrogen (secondary N) is 1. The van der Waals surface area contributed by atoms with Crippen molar-refractivity contribution in [2.24, 2.45) is 5.84 Å². The molecule has 3 rings (SSSR count). The molecule has 1 aromatic carbocycles. The number of carbonyl (C=O) groups excluding carboxylic acids is 1. The van der Waals surface area contributed by atoms with Gasteiger partial charge in [0.1, 0.15) is 10.6 Å². The van der Waals surface area contributed by atoms with Crippen molar-refractivity contribution in [3.8, 4) is 5.75 Å². The molecule has 0 atom stereocenters. The van der Waals surface area contributed by atoms with E-state index < -0.39 is 0 Å². The summed E-state index contributed by atoms with van der Waals surface area (Å²) in [5.41, 5.74) is 3.10. The molecule has 0 aliphatic heterocycles. The Morgan fingerprint density at radius 1 is 1.38 bits per heavy atom. The highest BCUT2D eigenvalue weighted by atomic mass is 32.1. The predicted molar refractivity (Wildman–Crippen MR) is 81.4 cm³/mol. The number of thiazole rings is 1. The Kier molecular flexibility index (Phi) is 4.17. The molecular weight excluding hydrogens is 286 g/mol. The van der Waals surface area contributed by atoms with E-state index in [1.807, 2.05) is 30.3 Å². The van der Waals surface area contributed by atoms with E-state index in [2.05, 4.69) is 10.4 Å². The summed E-state index contributed by atoms with van der Waals surface area (Å²) in [6.07, 6.45) is 2.90. The number of rotatable bonds is 6. The smallest absolute Gasteiger partial charge is 0.277 e. The second kappa shape index (κ2) is 6.24. The van der Waals surface area contributed by atoms with Crippen LogP contribution in [0.15, 0.2) is 30.3 Å². The summed E-state index contributed by atoms with van der Waals surface area (Å²) in [6.45, 7) is 0.547. The summed E-state index contributed by atoms with van der Waals surface area (Å²) < 4.78 is 5.66. The topological polar surface area (TPSA) is 77.2 Å². The van der Waals surface area contributed by atoms with Crippen molar-refractivity contribution in [2.45, 2.75) is 25.2 Å². The Morgan fingerprint density at radius 2 is 2.14 bits per heavy atom. The van der Waals surface area contributed by atoms with Crippen molar-refractivity contribution in [2.75, 3.05) is 6.61 Å².